The van der Waals surface area contributed by atoms with Crippen LogP contribution in [0.1, 0.15) is 11.1 Å². The molecule has 2 aromatic rings. The zero-order valence-corrected chi connectivity index (χ0v) is 13.3. The van der Waals surface area contributed by atoms with E-state index in [2.05, 4.69) is 21.6 Å². The molecular weight excluding hydrogens is 296 g/mol. The number of likely N-dealkylation sites (N-methyl/N-ethyl adjacent to an activating group) is 1. The van der Waals surface area contributed by atoms with Gasteiger partial charge >= 0.3 is 6.09 Å². The smallest absolute Gasteiger partial charge is 0.407 e. The van der Waals surface area contributed by atoms with Crippen molar-refractivity contribution in [3.05, 3.63) is 40.4 Å². The third-order valence-corrected chi connectivity index (χ3v) is 4.07. The quantitative estimate of drug-likeness (QED) is 0.826. The van der Waals surface area contributed by atoms with Crippen molar-refractivity contribution >= 4 is 17.0 Å². The van der Waals surface area contributed by atoms with Gasteiger partial charge in [-0.1, -0.05) is 6.07 Å². The normalized spacial score (nSPS) is 17.5. The molecule has 1 atom stereocenters. The second-order valence-electron chi connectivity index (χ2n) is 6.13. The molecule has 7 heteroatoms. The van der Waals surface area contributed by atoms with Gasteiger partial charge in [0.05, 0.1) is 16.8 Å². The number of cyclic esters (lactones) is 1. The molecule has 1 aliphatic rings. The van der Waals surface area contributed by atoms with E-state index in [1.807, 2.05) is 26.2 Å². The molecule has 7 nitrogen and oxygen atoms in total. The van der Waals surface area contributed by atoms with Crippen LogP contribution in [0.15, 0.2) is 29.7 Å². The Bertz CT molecular complexity index is 738. The molecule has 1 aromatic carbocycles. The number of hydrogen-bond acceptors (Lipinski definition) is 5. The van der Waals surface area contributed by atoms with Crippen LogP contribution >= 0.6 is 0 Å². The number of nitrogens with zero attached hydrogens (tertiary/aromatic N) is 3. The molecule has 2 heterocycles. The molecule has 0 saturated carbocycles. The number of alkyl carbamates (subject to hydrolysis) is 1. The average molecular weight is 316 g/mol. The zero-order valence-electron chi connectivity index (χ0n) is 13.3. The Kier molecular flexibility index (Phi) is 4.29. The maximum absolute atomic E-state index is 11.1. The third kappa shape index (κ3) is 3.34. The number of nitrogens with one attached hydrogen (secondary N) is 1. The lowest BCUT2D eigenvalue weighted by Gasteiger charge is -2.09. The summed E-state index contributed by atoms with van der Waals surface area (Å²) in [7, 11) is 4.04. The van der Waals surface area contributed by atoms with Gasteiger partial charge < -0.3 is 15.0 Å². The first-order valence-electron chi connectivity index (χ1n) is 7.61. The van der Waals surface area contributed by atoms with E-state index in [0.717, 1.165) is 35.0 Å². The van der Waals surface area contributed by atoms with E-state index < -0.39 is 0 Å². The maximum Gasteiger partial charge on any atom is 0.407 e. The minimum Gasteiger partial charge on any atom is -0.447 e. The molecule has 1 aromatic heterocycles. The molecule has 0 unspecified atom stereocenters. The maximum atomic E-state index is 11.1. The van der Waals surface area contributed by atoms with Crippen LogP contribution in [-0.4, -0.2) is 49.0 Å². The van der Waals surface area contributed by atoms with Gasteiger partial charge in [-0.2, -0.15) is 0 Å². The van der Waals surface area contributed by atoms with Crippen molar-refractivity contribution in [1.29, 1.82) is 0 Å². The van der Waals surface area contributed by atoms with E-state index in [4.69, 9.17) is 4.74 Å². The predicted octanol–water partition coefficient (Wildman–Crippen LogP) is 1.93. The van der Waals surface area contributed by atoms with Crippen molar-refractivity contribution in [1.82, 2.24) is 14.9 Å². The van der Waals surface area contributed by atoms with Gasteiger partial charge in [-0.05, 0) is 50.2 Å². The number of carbonyl (C=O) groups excluding carboxylic acids is 1. The van der Waals surface area contributed by atoms with E-state index in [1.165, 1.54) is 4.68 Å². The van der Waals surface area contributed by atoms with Crippen LogP contribution in [0.5, 0.6) is 0 Å². The van der Waals surface area contributed by atoms with E-state index in [1.54, 1.807) is 6.20 Å². The van der Waals surface area contributed by atoms with Crippen LogP contribution in [0.4, 0.5) is 4.79 Å². The largest absolute Gasteiger partial charge is 0.447 e. The summed E-state index contributed by atoms with van der Waals surface area (Å²) in [5.41, 5.74) is 3.01. The number of rotatable bonds is 6. The molecular formula is C16H20N4O3. The van der Waals surface area contributed by atoms with Gasteiger partial charge in [0.25, 0.3) is 0 Å². The molecule has 0 radical (unpaired) electrons. The number of nitroso groups, excluding NO2 is 1. The van der Waals surface area contributed by atoms with Crippen molar-refractivity contribution in [3.8, 4) is 0 Å². The van der Waals surface area contributed by atoms with Crippen molar-refractivity contribution in [2.45, 2.75) is 18.9 Å². The summed E-state index contributed by atoms with van der Waals surface area (Å²) >= 11 is 0. The molecule has 3 rings (SSSR count). The van der Waals surface area contributed by atoms with E-state index in [9.17, 15) is 9.70 Å². The second kappa shape index (κ2) is 6.37. The van der Waals surface area contributed by atoms with Gasteiger partial charge in [-0.3, -0.25) is 0 Å². The van der Waals surface area contributed by atoms with Crippen LogP contribution < -0.4 is 5.32 Å². The Morgan fingerprint density at radius 1 is 1.43 bits per heavy atom. The highest BCUT2D eigenvalue weighted by Gasteiger charge is 2.22. The zero-order chi connectivity index (χ0) is 16.4. The van der Waals surface area contributed by atoms with Gasteiger partial charge in [-0.25, -0.2) is 9.47 Å². The number of carbonyl (C=O) groups is 1. The molecule has 23 heavy (non-hydrogen) atoms. The van der Waals surface area contributed by atoms with E-state index in [0.29, 0.717) is 13.0 Å². The van der Waals surface area contributed by atoms with Crippen LogP contribution in [-0.2, 0) is 17.6 Å². The number of fused-ring (bicyclic) bond motifs is 1. The molecule has 122 valence electrons. The monoisotopic (exact) mass is 316 g/mol. The fourth-order valence-electron chi connectivity index (χ4n) is 2.89. The van der Waals surface area contributed by atoms with Gasteiger partial charge in [0, 0.05) is 18.1 Å². The molecule has 0 aliphatic carbocycles. The highest BCUT2D eigenvalue weighted by molar-refractivity contribution is 5.84. The van der Waals surface area contributed by atoms with Crippen LogP contribution in [0.2, 0.25) is 0 Å². The number of hydrogen-bond donors (Lipinski definition) is 1. The molecule has 1 saturated heterocycles. The Morgan fingerprint density at radius 2 is 2.26 bits per heavy atom. The molecule has 1 aliphatic heterocycles. The molecule has 0 bridgehead atoms. The summed E-state index contributed by atoms with van der Waals surface area (Å²) in [5, 5.41) is 6.88. The lowest BCUT2D eigenvalue weighted by Crippen LogP contribution is -2.28. The van der Waals surface area contributed by atoms with E-state index >= 15 is 0 Å². The van der Waals surface area contributed by atoms with Gasteiger partial charge in [0.1, 0.15) is 6.61 Å². The summed E-state index contributed by atoms with van der Waals surface area (Å²) in [6.07, 6.45) is 2.98. The van der Waals surface area contributed by atoms with E-state index in [-0.39, 0.29) is 12.1 Å². The fraction of sp³-hybridized carbons (Fsp3) is 0.438. The van der Waals surface area contributed by atoms with Gasteiger partial charge in [-0.15, -0.1) is 4.91 Å². The summed E-state index contributed by atoms with van der Waals surface area (Å²) in [4.78, 5) is 24.2. The lowest BCUT2D eigenvalue weighted by molar-refractivity contribution is 0.177. The number of aromatic nitrogens is 1. The predicted molar refractivity (Wildman–Crippen MR) is 87.4 cm³/mol. The molecule has 1 amide bonds. The summed E-state index contributed by atoms with van der Waals surface area (Å²) in [5.74, 6) is 0. The third-order valence-electron chi connectivity index (χ3n) is 4.07. The Labute approximate surface area is 134 Å². The first-order chi connectivity index (χ1) is 11.1. The SMILES string of the molecule is CN(C)CCc1cn(N=O)c2ccc(C[C@@H]3COC(=O)N3)cc12. The second-order valence-corrected chi connectivity index (χ2v) is 6.13. The highest BCUT2D eigenvalue weighted by atomic mass is 16.6. The molecule has 0 spiro atoms. The number of benzene rings is 1. The van der Waals surface area contributed by atoms with Gasteiger partial charge in [0.2, 0.25) is 0 Å². The molecule has 1 fully saturated rings. The van der Waals surface area contributed by atoms with Crippen molar-refractivity contribution < 1.29 is 9.53 Å². The van der Waals surface area contributed by atoms with Gasteiger partial charge in [0.15, 0.2) is 0 Å². The first-order valence-corrected chi connectivity index (χ1v) is 7.61. The van der Waals surface area contributed by atoms with Crippen molar-refractivity contribution in [3.63, 3.8) is 0 Å². The minimum absolute atomic E-state index is 0.00328. The number of ether oxygens (including phenoxy) is 1. The lowest BCUT2D eigenvalue weighted by atomic mass is 10.0. The number of amides is 1. The first kappa shape index (κ1) is 15.5. The summed E-state index contributed by atoms with van der Waals surface area (Å²) < 4.78 is 6.30. The summed E-state index contributed by atoms with van der Waals surface area (Å²) in [6, 6.07) is 5.94. The molecule has 1 N–H and O–H groups in total. The van der Waals surface area contributed by atoms with Crippen LogP contribution in [0.25, 0.3) is 10.9 Å². The highest BCUT2D eigenvalue weighted by Crippen LogP contribution is 2.24. The van der Waals surface area contributed by atoms with Crippen molar-refractivity contribution in [2.75, 3.05) is 27.2 Å². The van der Waals surface area contributed by atoms with Crippen LogP contribution in [0.3, 0.4) is 0 Å². The Balaban J connectivity index is 1.88. The van der Waals surface area contributed by atoms with Crippen molar-refractivity contribution in [2.24, 2.45) is 5.29 Å². The Hall–Kier alpha value is -2.41. The minimum atomic E-state index is -0.362. The fourth-order valence-corrected chi connectivity index (χ4v) is 2.89. The average Bonchev–Trinajstić information content (AvgIpc) is 3.08. The topological polar surface area (TPSA) is 75.9 Å². The standard InChI is InChI=1S/C16H20N4O3/c1-19(2)6-5-12-9-20(18-22)15-4-3-11(8-14(12)15)7-13-10-23-16(21)17-13/h3-4,8-9,13H,5-7,10H2,1-2H3,(H,17,21)/t13-/m1/s1. The summed E-state index contributed by atoms with van der Waals surface area (Å²) in [6.45, 7) is 1.29. The van der Waals surface area contributed by atoms with Crippen LogP contribution in [0, 0.1) is 4.91 Å². The Morgan fingerprint density at radius 3 is 2.91 bits per heavy atom.